The zero-order valence-electron chi connectivity index (χ0n) is 13.4. The Morgan fingerprint density at radius 1 is 1.36 bits per heavy atom. The minimum Gasteiger partial charge on any atom is -0.351 e. The monoisotopic (exact) mass is 367 g/mol. The van der Waals surface area contributed by atoms with Crippen LogP contribution in [0.3, 0.4) is 0 Å². The zero-order chi connectivity index (χ0) is 18.0. The van der Waals surface area contributed by atoms with Gasteiger partial charge in [0.2, 0.25) is 5.95 Å². The summed E-state index contributed by atoms with van der Waals surface area (Å²) in [5.74, 6) is 0.180. The first kappa shape index (κ1) is 17.6. The Morgan fingerprint density at radius 2 is 2.08 bits per heavy atom. The highest BCUT2D eigenvalue weighted by molar-refractivity contribution is 7.15. The van der Waals surface area contributed by atoms with Crippen LogP contribution in [0, 0.1) is 18.3 Å². The summed E-state index contributed by atoms with van der Waals surface area (Å²) in [6, 6.07) is 3.57. The number of nitrogens with zero attached hydrogens (tertiary/aromatic N) is 3. The topological polar surface area (TPSA) is 73.6 Å². The lowest BCUT2D eigenvalue weighted by molar-refractivity contribution is -0.137. The molecule has 9 heteroatoms. The fourth-order valence-electron chi connectivity index (χ4n) is 2.71. The molecule has 0 aliphatic carbocycles. The molecule has 5 nitrogen and oxygen atoms in total. The molecule has 1 fully saturated rings. The van der Waals surface area contributed by atoms with E-state index in [1.807, 2.05) is 6.07 Å². The second-order valence-corrected chi connectivity index (χ2v) is 7.07. The molecular formula is C16H16F3N5S. The number of aryl methyl sites for hydroxylation is 1. The van der Waals surface area contributed by atoms with E-state index in [0.717, 1.165) is 43.5 Å². The van der Waals surface area contributed by atoms with Crippen LogP contribution in [0.25, 0.3) is 10.6 Å². The number of hydrogen-bond donors (Lipinski definition) is 2. The summed E-state index contributed by atoms with van der Waals surface area (Å²) in [6.07, 6.45) is -2.03. The highest BCUT2D eigenvalue weighted by atomic mass is 32.1. The first-order valence-corrected chi connectivity index (χ1v) is 8.62. The molecule has 1 aliphatic heterocycles. The zero-order valence-corrected chi connectivity index (χ0v) is 14.3. The van der Waals surface area contributed by atoms with Crippen molar-refractivity contribution in [1.82, 2.24) is 15.3 Å². The molecule has 2 aromatic heterocycles. The Kier molecular flexibility index (Phi) is 4.92. The summed E-state index contributed by atoms with van der Waals surface area (Å²) in [4.78, 5) is 8.96. The second kappa shape index (κ2) is 6.98. The fourth-order valence-corrected chi connectivity index (χ4v) is 3.68. The molecule has 2 N–H and O–H groups in total. The highest BCUT2D eigenvalue weighted by Crippen LogP contribution is 2.39. The Bertz CT molecular complexity index is 803. The van der Waals surface area contributed by atoms with E-state index in [2.05, 4.69) is 20.6 Å². The van der Waals surface area contributed by atoms with Gasteiger partial charge in [-0.3, -0.25) is 0 Å². The van der Waals surface area contributed by atoms with Crippen LogP contribution in [0.2, 0.25) is 0 Å². The summed E-state index contributed by atoms with van der Waals surface area (Å²) >= 11 is 1.13. The predicted molar refractivity (Wildman–Crippen MR) is 89.3 cm³/mol. The summed E-state index contributed by atoms with van der Waals surface area (Å²) in [7, 11) is 0. The normalized spacial score (nSPS) is 15.8. The van der Waals surface area contributed by atoms with Crippen molar-refractivity contribution in [2.75, 3.05) is 18.4 Å². The van der Waals surface area contributed by atoms with E-state index < -0.39 is 11.7 Å². The molecule has 0 bridgehead atoms. The summed E-state index contributed by atoms with van der Waals surface area (Å²) in [5, 5.41) is 15.4. The number of halogens is 3. The number of anilines is 1. The van der Waals surface area contributed by atoms with Gasteiger partial charge in [-0.2, -0.15) is 18.4 Å². The van der Waals surface area contributed by atoms with E-state index in [4.69, 9.17) is 5.26 Å². The number of rotatable bonds is 3. The lowest BCUT2D eigenvalue weighted by atomic mass is 10.1. The van der Waals surface area contributed by atoms with E-state index in [-0.39, 0.29) is 17.7 Å². The fraction of sp³-hybridized carbons (Fsp3) is 0.438. The van der Waals surface area contributed by atoms with Crippen LogP contribution in [0.1, 0.15) is 28.8 Å². The van der Waals surface area contributed by atoms with Crippen LogP contribution in [0.4, 0.5) is 19.1 Å². The maximum absolute atomic E-state index is 13.3. The molecule has 1 saturated heterocycles. The van der Waals surface area contributed by atoms with E-state index in [1.54, 1.807) is 6.92 Å². The van der Waals surface area contributed by atoms with Gasteiger partial charge in [0, 0.05) is 17.1 Å². The maximum Gasteiger partial charge on any atom is 0.420 e. The van der Waals surface area contributed by atoms with Gasteiger partial charge in [0.1, 0.15) is 11.6 Å². The summed E-state index contributed by atoms with van der Waals surface area (Å²) in [6.45, 7) is 3.40. The summed E-state index contributed by atoms with van der Waals surface area (Å²) in [5.41, 5.74) is -0.720. The Labute approximate surface area is 146 Å². The van der Waals surface area contributed by atoms with Crippen LogP contribution in [-0.2, 0) is 6.18 Å². The number of nitriles is 1. The first-order chi connectivity index (χ1) is 11.9. The molecule has 0 atom stereocenters. The van der Waals surface area contributed by atoms with Crippen molar-refractivity contribution in [2.24, 2.45) is 0 Å². The third-order valence-electron chi connectivity index (χ3n) is 4.04. The highest BCUT2D eigenvalue weighted by Gasteiger charge is 2.36. The lowest BCUT2D eigenvalue weighted by Crippen LogP contribution is -2.35. The lowest BCUT2D eigenvalue weighted by Gasteiger charge is -2.24. The van der Waals surface area contributed by atoms with E-state index in [9.17, 15) is 13.2 Å². The van der Waals surface area contributed by atoms with Gasteiger partial charge in [-0.05, 0) is 38.9 Å². The number of alkyl halides is 3. The molecule has 0 spiro atoms. The number of nitrogens with one attached hydrogen (secondary N) is 2. The van der Waals surface area contributed by atoms with Gasteiger partial charge in [-0.25, -0.2) is 9.97 Å². The van der Waals surface area contributed by atoms with Crippen LogP contribution >= 0.6 is 11.3 Å². The van der Waals surface area contributed by atoms with Gasteiger partial charge in [-0.1, -0.05) is 0 Å². The van der Waals surface area contributed by atoms with Crippen molar-refractivity contribution in [2.45, 2.75) is 32.0 Å². The number of hydrogen-bond acceptors (Lipinski definition) is 6. The van der Waals surface area contributed by atoms with Crippen molar-refractivity contribution in [1.29, 1.82) is 5.26 Å². The Morgan fingerprint density at radius 3 is 2.68 bits per heavy atom. The predicted octanol–water partition coefficient (Wildman–Crippen LogP) is 3.57. The third kappa shape index (κ3) is 3.91. The van der Waals surface area contributed by atoms with Gasteiger partial charge < -0.3 is 10.6 Å². The van der Waals surface area contributed by atoms with Gasteiger partial charge in [0.05, 0.1) is 16.1 Å². The van der Waals surface area contributed by atoms with E-state index >= 15 is 0 Å². The van der Waals surface area contributed by atoms with Gasteiger partial charge in [-0.15, -0.1) is 11.3 Å². The Hall–Kier alpha value is -2.18. The second-order valence-electron chi connectivity index (χ2n) is 5.81. The quantitative estimate of drug-likeness (QED) is 0.868. The van der Waals surface area contributed by atoms with Crippen LogP contribution in [0.15, 0.2) is 12.3 Å². The smallest absolute Gasteiger partial charge is 0.351 e. The van der Waals surface area contributed by atoms with Crippen molar-refractivity contribution < 1.29 is 13.2 Å². The largest absolute Gasteiger partial charge is 0.420 e. The molecule has 3 rings (SSSR count). The minimum absolute atomic E-state index is 0.130. The number of piperidine rings is 1. The van der Waals surface area contributed by atoms with E-state index in [0.29, 0.717) is 15.3 Å². The molecule has 2 aromatic rings. The Balaban J connectivity index is 1.99. The van der Waals surface area contributed by atoms with Gasteiger partial charge in [0.15, 0.2) is 0 Å². The van der Waals surface area contributed by atoms with Crippen molar-refractivity contribution in [3.05, 3.63) is 28.3 Å². The summed E-state index contributed by atoms with van der Waals surface area (Å²) < 4.78 is 40.0. The average molecular weight is 367 g/mol. The van der Waals surface area contributed by atoms with Gasteiger partial charge >= 0.3 is 6.18 Å². The molecule has 0 saturated carbocycles. The van der Waals surface area contributed by atoms with E-state index in [1.165, 1.54) is 6.07 Å². The minimum atomic E-state index is -4.56. The van der Waals surface area contributed by atoms with Crippen LogP contribution in [0.5, 0.6) is 0 Å². The molecule has 0 aromatic carbocycles. The molecule has 132 valence electrons. The third-order valence-corrected chi connectivity index (χ3v) is 5.10. The maximum atomic E-state index is 13.3. The number of thiophene rings is 1. The molecular weight excluding hydrogens is 351 g/mol. The van der Waals surface area contributed by atoms with Crippen molar-refractivity contribution in [3.63, 3.8) is 0 Å². The van der Waals surface area contributed by atoms with Gasteiger partial charge in [0.25, 0.3) is 0 Å². The standard InChI is InChI=1S/C16H16F3N5S/c1-9-10(7-20)6-13(25-9)14-12(16(17,18)19)8-22-15(24-14)23-11-2-4-21-5-3-11/h6,8,11,21H,2-5H2,1H3,(H,22,23,24). The van der Waals surface area contributed by atoms with Crippen molar-refractivity contribution in [3.8, 4) is 16.6 Å². The molecule has 25 heavy (non-hydrogen) atoms. The van der Waals surface area contributed by atoms with Crippen molar-refractivity contribution >= 4 is 17.3 Å². The average Bonchev–Trinajstić information content (AvgIpc) is 2.95. The molecule has 1 aliphatic rings. The first-order valence-electron chi connectivity index (χ1n) is 7.81. The SMILES string of the molecule is Cc1sc(-c2nc(NC3CCNCC3)ncc2C(F)(F)F)cc1C#N. The molecule has 3 heterocycles. The number of aromatic nitrogens is 2. The molecule has 0 radical (unpaired) electrons. The van der Waals surface area contributed by atoms with Crippen LogP contribution < -0.4 is 10.6 Å². The molecule has 0 unspecified atom stereocenters. The molecule has 0 amide bonds. The van der Waals surface area contributed by atoms with Crippen LogP contribution in [-0.4, -0.2) is 29.1 Å².